The molecule has 0 aromatic heterocycles. The van der Waals surface area contributed by atoms with Crippen LogP contribution < -0.4 is 5.73 Å². The van der Waals surface area contributed by atoms with E-state index < -0.39 is 0 Å². The monoisotopic (exact) mass is 301 g/mol. The van der Waals surface area contributed by atoms with Crippen LogP contribution >= 0.6 is 23.2 Å². The smallest absolute Gasteiger partial charge is 0.0873 e. The molecule has 4 heteroatoms. The number of halogens is 2. The van der Waals surface area contributed by atoms with Crippen molar-refractivity contribution in [3.05, 3.63) is 33.8 Å². The fourth-order valence-electron chi connectivity index (χ4n) is 3.17. The van der Waals surface area contributed by atoms with Gasteiger partial charge in [-0.25, -0.2) is 0 Å². The first-order valence-corrected chi connectivity index (χ1v) is 7.50. The van der Waals surface area contributed by atoms with Crippen molar-refractivity contribution < 1.29 is 4.74 Å². The van der Waals surface area contributed by atoms with E-state index in [1.54, 1.807) is 19.2 Å². The fourth-order valence-corrected chi connectivity index (χ4v) is 3.59. The molecule has 2 N–H and O–H groups in total. The molecular formula is C15H21Cl2NO. The first-order chi connectivity index (χ1) is 8.98. The molecule has 0 aliphatic heterocycles. The van der Waals surface area contributed by atoms with Gasteiger partial charge in [0, 0.05) is 17.2 Å². The third-order valence-electron chi connectivity index (χ3n) is 4.26. The molecule has 2 rings (SSSR count). The van der Waals surface area contributed by atoms with Crippen molar-refractivity contribution in [3.8, 4) is 0 Å². The summed E-state index contributed by atoms with van der Waals surface area (Å²) in [5.74, 6) is 0.623. The maximum absolute atomic E-state index is 6.48. The lowest BCUT2D eigenvalue weighted by Gasteiger charge is -2.43. The highest BCUT2D eigenvalue weighted by Crippen LogP contribution is 2.43. The van der Waals surface area contributed by atoms with E-state index >= 15 is 0 Å². The number of ether oxygens (including phenoxy) is 1. The maximum atomic E-state index is 6.48. The lowest BCUT2D eigenvalue weighted by atomic mass is 9.73. The van der Waals surface area contributed by atoms with Crippen molar-refractivity contribution in [2.45, 2.75) is 44.2 Å². The van der Waals surface area contributed by atoms with Gasteiger partial charge in [-0.2, -0.15) is 0 Å². The molecule has 1 aromatic carbocycles. The van der Waals surface area contributed by atoms with Crippen molar-refractivity contribution in [2.24, 2.45) is 11.7 Å². The number of nitrogens with two attached hydrogens (primary N) is 1. The van der Waals surface area contributed by atoms with Crippen molar-refractivity contribution >= 4 is 23.2 Å². The Kier molecular flexibility index (Phi) is 4.78. The fraction of sp³-hybridized carbons (Fsp3) is 0.600. The van der Waals surface area contributed by atoms with E-state index in [1.807, 2.05) is 6.07 Å². The van der Waals surface area contributed by atoms with Crippen LogP contribution in [-0.2, 0) is 4.74 Å². The van der Waals surface area contributed by atoms with Gasteiger partial charge in [-0.05, 0) is 42.5 Å². The van der Waals surface area contributed by atoms with Gasteiger partial charge in [-0.3, -0.25) is 0 Å². The third-order valence-corrected chi connectivity index (χ3v) is 4.84. The minimum atomic E-state index is -0.327. The maximum Gasteiger partial charge on any atom is 0.0873 e. The topological polar surface area (TPSA) is 35.2 Å². The van der Waals surface area contributed by atoms with Crippen LogP contribution in [0.15, 0.2) is 18.2 Å². The highest BCUT2D eigenvalue weighted by atomic mass is 35.5. The number of hydrogen-bond acceptors (Lipinski definition) is 2. The Bertz CT molecular complexity index is 452. The van der Waals surface area contributed by atoms with Crippen LogP contribution in [0.2, 0.25) is 10.0 Å². The molecule has 3 atom stereocenters. The molecule has 1 aliphatic rings. The molecule has 0 radical (unpaired) electrons. The zero-order valence-electron chi connectivity index (χ0n) is 11.5. The summed E-state index contributed by atoms with van der Waals surface area (Å²) in [6.45, 7) is 2.25. The minimum Gasteiger partial charge on any atom is -0.376 e. The average Bonchev–Trinajstić information content (AvgIpc) is 2.40. The highest BCUT2D eigenvalue weighted by Gasteiger charge is 2.41. The number of benzene rings is 1. The molecular weight excluding hydrogens is 281 g/mol. The van der Waals surface area contributed by atoms with Crippen molar-refractivity contribution in [1.29, 1.82) is 0 Å². The Morgan fingerprint density at radius 3 is 2.79 bits per heavy atom. The van der Waals surface area contributed by atoms with Gasteiger partial charge in [-0.1, -0.05) is 43.0 Å². The zero-order valence-corrected chi connectivity index (χ0v) is 13.0. The molecule has 19 heavy (non-hydrogen) atoms. The normalized spacial score (nSPS) is 29.2. The summed E-state index contributed by atoms with van der Waals surface area (Å²) in [6, 6.07) is 5.19. The molecule has 0 bridgehead atoms. The lowest BCUT2D eigenvalue weighted by Crippen LogP contribution is -2.46. The number of rotatable bonds is 3. The quantitative estimate of drug-likeness (QED) is 0.886. The van der Waals surface area contributed by atoms with Crippen molar-refractivity contribution in [1.82, 2.24) is 0 Å². The minimum absolute atomic E-state index is 0.244. The Balaban J connectivity index is 2.34. The van der Waals surface area contributed by atoms with Crippen LogP contribution in [0.5, 0.6) is 0 Å². The number of hydrogen-bond donors (Lipinski definition) is 1. The van der Waals surface area contributed by atoms with Gasteiger partial charge in [0.2, 0.25) is 0 Å². The second kappa shape index (κ2) is 6.01. The van der Waals surface area contributed by atoms with E-state index in [-0.39, 0.29) is 11.6 Å². The zero-order chi connectivity index (χ0) is 14.0. The molecule has 1 aliphatic carbocycles. The first kappa shape index (κ1) is 15.1. The predicted octanol–water partition coefficient (Wildman–Crippen LogP) is 4.59. The Hall–Kier alpha value is -0.280. The average molecular weight is 302 g/mol. The molecule has 0 amide bonds. The SMILES string of the molecule is COC1(C(N)c2cc(Cl)ccc2Cl)CCCC(C)C1. The van der Waals surface area contributed by atoms with E-state index in [4.69, 9.17) is 33.7 Å². The van der Waals surface area contributed by atoms with Gasteiger partial charge in [0.1, 0.15) is 0 Å². The number of methoxy groups -OCH3 is 1. The van der Waals surface area contributed by atoms with E-state index in [9.17, 15) is 0 Å². The third kappa shape index (κ3) is 3.08. The summed E-state index contributed by atoms with van der Waals surface area (Å²) < 4.78 is 5.83. The van der Waals surface area contributed by atoms with Crippen LogP contribution in [-0.4, -0.2) is 12.7 Å². The predicted molar refractivity (Wildman–Crippen MR) is 80.8 cm³/mol. The molecule has 1 aromatic rings. The van der Waals surface area contributed by atoms with E-state index in [0.717, 1.165) is 24.8 Å². The van der Waals surface area contributed by atoms with Gasteiger partial charge in [-0.15, -0.1) is 0 Å². The summed E-state index contributed by atoms with van der Waals surface area (Å²) in [5.41, 5.74) is 7.03. The summed E-state index contributed by atoms with van der Waals surface area (Å²) in [7, 11) is 1.75. The van der Waals surface area contributed by atoms with E-state index in [0.29, 0.717) is 16.0 Å². The molecule has 3 unspecified atom stereocenters. The van der Waals surface area contributed by atoms with Crippen LogP contribution in [0.3, 0.4) is 0 Å². The van der Waals surface area contributed by atoms with E-state index in [1.165, 1.54) is 6.42 Å². The van der Waals surface area contributed by atoms with Crippen LogP contribution in [0.4, 0.5) is 0 Å². The molecule has 0 saturated heterocycles. The van der Waals surface area contributed by atoms with Gasteiger partial charge in [0.15, 0.2) is 0 Å². The Morgan fingerprint density at radius 1 is 1.42 bits per heavy atom. The molecule has 1 fully saturated rings. The Morgan fingerprint density at radius 2 is 2.16 bits per heavy atom. The largest absolute Gasteiger partial charge is 0.376 e. The van der Waals surface area contributed by atoms with Gasteiger partial charge < -0.3 is 10.5 Å². The summed E-state index contributed by atoms with van der Waals surface area (Å²) in [6.07, 6.45) is 4.31. The van der Waals surface area contributed by atoms with Gasteiger partial charge in [0.25, 0.3) is 0 Å². The molecule has 106 valence electrons. The van der Waals surface area contributed by atoms with Gasteiger partial charge in [0.05, 0.1) is 11.6 Å². The summed E-state index contributed by atoms with van der Waals surface area (Å²) in [5, 5.41) is 1.32. The second-order valence-corrected chi connectivity index (χ2v) is 6.46. The van der Waals surface area contributed by atoms with E-state index in [2.05, 4.69) is 6.92 Å². The van der Waals surface area contributed by atoms with Crippen molar-refractivity contribution in [2.75, 3.05) is 7.11 Å². The van der Waals surface area contributed by atoms with Crippen LogP contribution in [0, 0.1) is 5.92 Å². The molecule has 1 saturated carbocycles. The van der Waals surface area contributed by atoms with Gasteiger partial charge >= 0.3 is 0 Å². The summed E-state index contributed by atoms with van der Waals surface area (Å²) in [4.78, 5) is 0. The summed E-state index contributed by atoms with van der Waals surface area (Å²) >= 11 is 12.3. The lowest BCUT2D eigenvalue weighted by molar-refractivity contribution is -0.0718. The first-order valence-electron chi connectivity index (χ1n) is 6.74. The molecule has 0 heterocycles. The molecule has 2 nitrogen and oxygen atoms in total. The highest BCUT2D eigenvalue weighted by molar-refractivity contribution is 6.33. The van der Waals surface area contributed by atoms with Crippen LogP contribution in [0.1, 0.15) is 44.2 Å². The Labute approximate surface area is 125 Å². The standard InChI is InChI=1S/C15H21Cl2NO/c1-10-4-3-7-15(9-10,19-2)14(18)12-8-11(16)5-6-13(12)17/h5-6,8,10,14H,3-4,7,9,18H2,1-2H3. The van der Waals surface area contributed by atoms with Crippen LogP contribution in [0.25, 0.3) is 0 Å². The second-order valence-electron chi connectivity index (χ2n) is 5.61. The molecule has 0 spiro atoms. The van der Waals surface area contributed by atoms with Crippen molar-refractivity contribution in [3.63, 3.8) is 0 Å².